The molecule has 0 aliphatic carbocycles. The van der Waals surface area contributed by atoms with Crippen LogP contribution in [-0.2, 0) is 26.6 Å². The molecule has 1 aromatic carbocycles. The van der Waals surface area contributed by atoms with E-state index in [1.54, 1.807) is 31.2 Å². The third-order valence-electron chi connectivity index (χ3n) is 2.31. The molecule has 104 valence electrons. The molecule has 0 heterocycles. The third-order valence-corrected chi connectivity index (χ3v) is 4.75. The summed E-state index contributed by atoms with van der Waals surface area (Å²) in [5.41, 5.74) is 1.10. The summed E-state index contributed by atoms with van der Waals surface area (Å²) in [6, 6.07) is 7.99. The molecule has 2 atom stereocenters. The number of rotatable bonds is 6. The molecule has 19 heavy (non-hydrogen) atoms. The van der Waals surface area contributed by atoms with Gasteiger partial charge in [-0.25, -0.2) is 13.1 Å². The first-order valence-corrected chi connectivity index (χ1v) is 8.99. The number of nitrogens with one attached hydrogen (secondary N) is 1. The molecular weight excluding hydrogens is 284 g/mol. The first-order valence-electron chi connectivity index (χ1n) is 5.61. The molecule has 0 saturated heterocycles. The predicted octanol–water partition coefficient (Wildman–Crippen LogP) is 0.745. The second-order valence-corrected chi connectivity index (χ2v) is 7.56. The van der Waals surface area contributed by atoms with Crippen LogP contribution in [0.15, 0.2) is 24.3 Å². The van der Waals surface area contributed by atoms with Crippen molar-refractivity contribution in [3.63, 3.8) is 0 Å². The summed E-state index contributed by atoms with van der Waals surface area (Å²) in [5.74, 6) is 0.131. The van der Waals surface area contributed by atoms with Gasteiger partial charge in [0.25, 0.3) is 0 Å². The third kappa shape index (κ3) is 5.96. The zero-order valence-corrected chi connectivity index (χ0v) is 12.4. The van der Waals surface area contributed by atoms with Gasteiger partial charge < -0.3 is 0 Å². The Hall–Kier alpha value is -1.23. The highest BCUT2D eigenvalue weighted by Crippen LogP contribution is 2.07. The molecule has 1 rings (SSSR count). The van der Waals surface area contributed by atoms with Gasteiger partial charge in [-0.2, -0.15) is 5.26 Å². The Morgan fingerprint density at radius 1 is 1.37 bits per heavy atom. The van der Waals surface area contributed by atoms with Crippen molar-refractivity contribution >= 4 is 20.8 Å². The van der Waals surface area contributed by atoms with E-state index < -0.39 is 20.8 Å². The quantitative estimate of drug-likeness (QED) is 0.839. The lowest BCUT2D eigenvalue weighted by Crippen LogP contribution is -2.36. The van der Waals surface area contributed by atoms with Gasteiger partial charge in [-0.1, -0.05) is 12.1 Å². The minimum atomic E-state index is -3.47. The fourth-order valence-electron chi connectivity index (χ4n) is 1.63. The van der Waals surface area contributed by atoms with Gasteiger partial charge in [0.05, 0.1) is 17.4 Å². The van der Waals surface area contributed by atoms with Crippen LogP contribution >= 0.6 is 0 Å². The zero-order valence-electron chi connectivity index (χ0n) is 10.8. The molecule has 7 heteroatoms. The van der Waals surface area contributed by atoms with E-state index in [2.05, 4.69) is 4.72 Å². The van der Waals surface area contributed by atoms with Crippen molar-refractivity contribution < 1.29 is 12.6 Å². The van der Waals surface area contributed by atoms with Crippen LogP contribution in [0.4, 0.5) is 0 Å². The number of nitrogens with zero attached hydrogens (tertiary/aromatic N) is 1. The fraction of sp³-hybridized carbons (Fsp3) is 0.417. The lowest BCUT2D eigenvalue weighted by Gasteiger charge is -2.12. The van der Waals surface area contributed by atoms with E-state index in [-0.39, 0.29) is 17.5 Å². The van der Waals surface area contributed by atoms with Crippen LogP contribution in [0, 0.1) is 11.3 Å². The molecule has 1 N–H and O–H groups in total. The van der Waals surface area contributed by atoms with Gasteiger partial charge >= 0.3 is 0 Å². The minimum absolute atomic E-state index is 0.153. The van der Waals surface area contributed by atoms with Crippen molar-refractivity contribution in [3.05, 3.63) is 35.4 Å². The summed E-state index contributed by atoms with van der Waals surface area (Å²) in [5, 5.41) is 8.65. The van der Waals surface area contributed by atoms with E-state index in [9.17, 15) is 12.6 Å². The zero-order chi connectivity index (χ0) is 14.5. The predicted molar refractivity (Wildman–Crippen MR) is 75.3 cm³/mol. The summed E-state index contributed by atoms with van der Waals surface area (Å²) < 4.78 is 37.2. The van der Waals surface area contributed by atoms with Crippen LogP contribution < -0.4 is 4.72 Å². The van der Waals surface area contributed by atoms with Crippen LogP contribution in [0.25, 0.3) is 0 Å². The van der Waals surface area contributed by atoms with Gasteiger partial charge in [-0.3, -0.25) is 4.21 Å². The van der Waals surface area contributed by atoms with Crippen molar-refractivity contribution in [2.45, 2.75) is 18.7 Å². The van der Waals surface area contributed by atoms with Crippen molar-refractivity contribution in [1.82, 2.24) is 4.72 Å². The van der Waals surface area contributed by atoms with Crippen LogP contribution in [0.3, 0.4) is 0 Å². The monoisotopic (exact) mass is 300 g/mol. The summed E-state index contributed by atoms with van der Waals surface area (Å²) in [6.07, 6.45) is 1.53. The molecule has 0 fully saturated rings. The number of nitriles is 1. The Balaban J connectivity index is 2.68. The molecule has 0 aromatic heterocycles. The Morgan fingerprint density at radius 3 is 2.42 bits per heavy atom. The largest absolute Gasteiger partial charge is 0.260 e. The van der Waals surface area contributed by atoms with Crippen LogP contribution in [-0.4, -0.2) is 30.7 Å². The Kier molecular flexibility index (Phi) is 5.66. The van der Waals surface area contributed by atoms with E-state index in [0.717, 1.165) is 0 Å². The molecule has 2 unspecified atom stereocenters. The maximum Gasteiger partial charge on any atom is 0.216 e. The molecule has 5 nitrogen and oxygen atoms in total. The average Bonchev–Trinajstić information content (AvgIpc) is 2.27. The van der Waals surface area contributed by atoms with Gasteiger partial charge in [0, 0.05) is 28.9 Å². The van der Waals surface area contributed by atoms with Crippen molar-refractivity contribution in [1.29, 1.82) is 5.26 Å². The lowest BCUT2D eigenvalue weighted by atomic mass is 10.2. The first kappa shape index (κ1) is 15.8. The topological polar surface area (TPSA) is 87.0 Å². The highest BCUT2D eigenvalue weighted by atomic mass is 32.2. The van der Waals surface area contributed by atoms with Gasteiger partial charge in [-0.15, -0.1) is 0 Å². The smallest absolute Gasteiger partial charge is 0.216 e. The number of benzene rings is 1. The SMILES string of the molecule is CC(CS(C)=O)NS(=O)(=O)Cc1ccc(C#N)cc1. The fourth-order valence-corrected chi connectivity index (χ4v) is 3.93. The normalized spacial score (nSPS) is 14.6. The summed E-state index contributed by atoms with van der Waals surface area (Å²) >= 11 is 0. The highest BCUT2D eigenvalue weighted by Gasteiger charge is 2.16. The van der Waals surface area contributed by atoms with E-state index in [1.807, 2.05) is 6.07 Å². The maximum atomic E-state index is 11.9. The Morgan fingerprint density at radius 2 is 1.95 bits per heavy atom. The minimum Gasteiger partial charge on any atom is -0.260 e. The van der Waals surface area contributed by atoms with Crippen LogP contribution in [0.2, 0.25) is 0 Å². The number of sulfonamides is 1. The van der Waals surface area contributed by atoms with Crippen molar-refractivity contribution in [2.75, 3.05) is 12.0 Å². The molecule has 0 bridgehead atoms. The summed E-state index contributed by atoms with van der Waals surface area (Å²) in [7, 11) is -4.51. The lowest BCUT2D eigenvalue weighted by molar-refractivity contribution is 0.569. The molecule has 0 radical (unpaired) electrons. The highest BCUT2D eigenvalue weighted by molar-refractivity contribution is 7.88. The molecule has 0 aliphatic heterocycles. The summed E-state index contributed by atoms with van der Waals surface area (Å²) in [6.45, 7) is 1.68. The number of hydrogen-bond acceptors (Lipinski definition) is 4. The maximum absolute atomic E-state index is 11.9. The Bertz CT molecular complexity index is 588. The van der Waals surface area contributed by atoms with Crippen LogP contribution in [0.1, 0.15) is 18.1 Å². The van der Waals surface area contributed by atoms with Gasteiger partial charge in [0.15, 0.2) is 0 Å². The number of hydrogen-bond donors (Lipinski definition) is 1. The molecule has 0 spiro atoms. The molecule has 0 amide bonds. The summed E-state index contributed by atoms with van der Waals surface area (Å²) in [4.78, 5) is 0. The molecule has 0 saturated carbocycles. The first-order chi connectivity index (χ1) is 8.82. The second kappa shape index (κ2) is 6.80. The molecule has 1 aromatic rings. The van der Waals surface area contributed by atoms with Crippen molar-refractivity contribution in [2.24, 2.45) is 0 Å². The standard InChI is InChI=1S/C12H16N2O3S2/c1-10(8-18(2)15)14-19(16,17)9-12-5-3-11(7-13)4-6-12/h3-6,10,14H,8-9H2,1-2H3. The van der Waals surface area contributed by atoms with E-state index in [1.165, 1.54) is 6.26 Å². The van der Waals surface area contributed by atoms with E-state index in [4.69, 9.17) is 5.26 Å². The van der Waals surface area contributed by atoms with E-state index in [0.29, 0.717) is 11.1 Å². The van der Waals surface area contributed by atoms with Gasteiger partial charge in [0.2, 0.25) is 10.0 Å². The van der Waals surface area contributed by atoms with Gasteiger partial charge in [0.1, 0.15) is 0 Å². The molecule has 0 aliphatic rings. The van der Waals surface area contributed by atoms with Crippen molar-refractivity contribution in [3.8, 4) is 6.07 Å². The van der Waals surface area contributed by atoms with E-state index >= 15 is 0 Å². The van der Waals surface area contributed by atoms with Gasteiger partial charge in [-0.05, 0) is 24.6 Å². The Labute approximate surface area is 116 Å². The molecular formula is C12H16N2O3S2. The van der Waals surface area contributed by atoms with Crippen LogP contribution in [0.5, 0.6) is 0 Å². The average molecular weight is 300 g/mol. The second-order valence-electron chi connectivity index (χ2n) is 4.33.